The number of carbonyl (C=O) groups excluding carboxylic acids is 2. The van der Waals surface area contributed by atoms with Gasteiger partial charge in [-0.3, -0.25) is 9.59 Å². The molecule has 1 aliphatic heterocycles. The fourth-order valence-electron chi connectivity index (χ4n) is 2.44. The summed E-state index contributed by atoms with van der Waals surface area (Å²) in [5, 5.41) is 3.38. The molecule has 2 rings (SSSR count). The van der Waals surface area contributed by atoms with Crippen LogP contribution in [0.1, 0.15) is 46.5 Å². The van der Waals surface area contributed by atoms with Crippen molar-refractivity contribution < 1.29 is 9.59 Å². The quantitative estimate of drug-likeness (QED) is 0.832. The Kier molecular flexibility index (Phi) is 6.45. The van der Waals surface area contributed by atoms with Crippen LogP contribution in [0.5, 0.6) is 0 Å². The second-order valence-corrected chi connectivity index (χ2v) is 7.05. The molecule has 2 heterocycles. The first-order valence-corrected chi connectivity index (χ1v) is 9.17. The molecule has 2 atom stereocenters. The summed E-state index contributed by atoms with van der Waals surface area (Å²) in [6.07, 6.45) is 4.77. The zero-order valence-electron chi connectivity index (χ0n) is 14.0. The topological polar surface area (TPSA) is 62.3 Å². The first-order chi connectivity index (χ1) is 11.1. The zero-order valence-corrected chi connectivity index (χ0v) is 14.9. The predicted molar refractivity (Wildman–Crippen MR) is 93.7 cm³/mol. The highest BCUT2D eigenvalue weighted by atomic mass is 32.2. The summed E-state index contributed by atoms with van der Waals surface area (Å²) in [6.45, 7) is 6.78. The van der Waals surface area contributed by atoms with E-state index in [4.69, 9.17) is 0 Å². The lowest BCUT2D eigenvalue weighted by atomic mass is 10.2. The van der Waals surface area contributed by atoms with Gasteiger partial charge in [0.1, 0.15) is 5.03 Å². The summed E-state index contributed by atoms with van der Waals surface area (Å²) in [7, 11) is 0. The van der Waals surface area contributed by atoms with Gasteiger partial charge in [-0.15, -0.1) is 0 Å². The molecule has 2 amide bonds. The maximum Gasteiger partial charge on any atom is 0.241 e. The maximum absolute atomic E-state index is 12.8. The first kappa shape index (κ1) is 17.8. The van der Waals surface area contributed by atoms with Crippen molar-refractivity contribution in [2.45, 2.75) is 62.8 Å². The van der Waals surface area contributed by atoms with E-state index < -0.39 is 5.25 Å². The molecular weight excluding hydrogens is 310 g/mol. The largest absolute Gasteiger partial charge is 0.354 e. The Labute approximate surface area is 142 Å². The van der Waals surface area contributed by atoms with Crippen LogP contribution in [0.15, 0.2) is 23.4 Å². The normalized spacial score (nSPS) is 18.5. The van der Waals surface area contributed by atoms with Crippen LogP contribution >= 0.6 is 11.8 Å². The Morgan fingerprint density at radius 1 is 1.48 bits per heavy atom. The fourth-order valence-corrected chi connectivity index (χ4v) is 3.59. The number of anilines is 1. The fraction of sp³-hybridized carbons (Fsp3) is 0.588. The number of carbonyl (C=O) groups is 2. The zero-order chi connectivity index (χ0) is 16.8. The van der Waals surface area contributed by atoms with Crippen LogP contribution in [0.25, 0.3) is 0 Å². The van der Waals surface area contributed by atoms with E-state index in [-0.39, 0.29) is 24.3 Å². The van der Waals surface area contributed by atoms with Gasteiger partial charge in [-0.05, 0) is 31.9 Å². The Hall–Kier alpha value is -1.56. The summed E-state index contributed by atoms with van der Waals surface area (Å²) in [4.78, 5) is 31.1. The van der Waals surface area contributed by atoms with Crippen molar-refractivity contribution >= 4 is 29.3 Å². The highest BCUT2D eigenvalue weighted by molar-refractivity contribution is 8.00. The lowest BCUT2D eigenvalue weighted by molar-refractivity contribution is -0.125. The van der Waals surface area contributed by atoms with E-state index in [1.165, 1.54) is 11.8 Å². The molecule has 0 spiro atoms. The highest BCUT2D eigenvalue weighted by Crippen LogP contribution is 2.38. The first-order valence-electron chi connectivity index (χ1n) is 8.29. The van der Waals surface area contributed by atoms with Crippen molar-refractivity contribution in [3.63, 3.8) is 0 Å². The summed E-state index contributed by atoms with van der Waals surface area (Å²) in [6, 6.07) is 3.91. The second-order valence-electron chi connectivity index (χ2n) is 5.86. The van der Waals surface area contributed by atoms with E-state index in [9.17, 15) is 9.59 Å². The number of hydrogen-bond donors (Lipinski definition) is 1. The van der Waals surface area contributed by atoms with Crippen LogP contribution in [0.3, 0.4) is 0 Å². The van der Waals surface area contributed by atoms with Crippen LogP contribution in [-0.4, -0.2) is 34.6 Å². The number of hydrogen-bond acceptors (Lipinski definition) is 4. The monoisotopic (exact) mass is 335 g/mol. The molecule has 1 aromatic heterocycles. The van der Waals surface area contributed by atoms with E-state index in [0.29, 0.717) is 6.54 Å². The lowest BCUT2D eigenvalue weighted by Crippen LogP contribution is -2.44. The van der Waals surface area contributed by atoms with Crippen molar-refractivity contribution in [1.29, 1.82) is 0 Å². The number of nitrogens with one attached hydrogen (secondary N) is 1. The van der Waals surface area contributed by atoms with Gasteiger partial charge in [0.15, 0.2) is 0 Å². The van der Waals surface area contributed by atoms with Crippen LogP contribution < -0.4 is 10.2 Å². The van der Waals surface area contributed by atoms with Crippen molar-refractivity contribution in [2.75, 3.05) is 11.4 Å². The third-order valence-electron chi connectivity index (χ3n) is 3.96. The summed E-state index contributed by atoms with van der Waals surface area (Å²) < 4.78 is 0. The molecule has 0 aliphatic carbocycles. The van der Waals surface area contributed by atoms with Gasteiger partial charge in [-0.2, -0.15) is 0 Å². The van der Waals surface area contributed by atoms with Crippen LogP contribution in [0.4, 0.5) is 5.69 Å². The number of fused-ring (bicyclic) bond motifs is 1. The van der Waals surface area contributed by atoms with Crippen molar-refractivity contribution in [3.8, 4) is 0 Å². The van der Waals surface area contributed by atoms with Crippen molar-refractivity contribution in [1.82, 2.24) is 10.3 Å². The average molecular weight is 335 g/mol. The molecule has 0 aromatic carbocycles. The standard InChI is InChI=1S/C17H25N3O2S/c1-4-6-10-20-13-8-7-9-18-16(13)23-14(17(20)22)11-15(21)19-12(3)5-2/h7-9,12,14H,4-6,10-11H2,1-3H3,(H,19,21)/t12-,14+/m0/s1. The second kappa shape index (κ2) is 8.34. The van der Waals surface area contributed by atoms with Gasteiger partial charge in [0, 0.05) is 25.2 Å². The number of pyridine rings is 1. The number of amides is 2. The van der Waals surface area contributed by atoms with E-state index in [1.807, 2.05) is 26.0 Å². The molecule has 0 bridgehead atoms. The minimum absolute atomic E-state index is 0.0169. The molecule has 5 nitrogen and oxygen atoms in total. The minimum atomic E-state index is -0.390. The Balaban J connectivity index is 2.13. The summed E-state index contributed by atoms with van der Waals surface area (Å²) in [5.74, 6) is -0.0525. The minimum Gasteiger partial charge on any atom is -0.354 e. The molecule has 1 N–H and O–H groups in total. The maximum atomic E-state index is 12.8. The van der Waals surface area contributed by atoms with E-state index in [1.54, 1.807) is 11.1 Å². The highest BCUT2D eigenvalue weighted by Gasteiger charge is 2.35. The van der Waals surface area contributed by atoms with Gasteiger partial charge >= 0.3 is 0 Å². The molecular formula is C17H25N3O2S. The number of unbranched alkanes of at least 4 members (excludes halogenated alkanes) is 1. The molecule has 23 heavy (non-hydrogen) atoms. The van der Waals surface area contributed by atoms with Crippen LogP contribution in [-0.2, 0) is 9.59 Å². The number of rotatable bonds is 7. The molecule has 1 aliphatic rings. The van der Waals surface area contributed by atoms with Crippen LogP contribution in [0.2, 0.25) is 0 Å². The number of nitrogens with zero attached hydrogens (tertiary/aromatic N) is 2. The third-order valence-corrected chi connectivity index (χ3v) is 5.15. The van der Waals surface area contributed by atoms with Gasteiger partial charge in [-0.1, -0.05) is 32.0 Å². The lowest BCUT2D eigenvalue weighted by Gasteiger charge is -2.32. The Morgan fingerprint density at radius 2 is 2.26 bits per heavy atom. The molecule has 0 saturated carbocycles. The van der Waals surface area contributed by atoms with E-state index in [2.05, 4.69) is 17.2 Å². The predicted octanol–water partition coefficient (Wildman–Crippen LogP) is 2.99. The van der Waals surface area contributed by atoms with Crippen molar-refractivity contribution in [2.24, 2.45) is 0 Å². The van der Waals surface area contributed by atoms with Crippen molar-refractivity contribution in [3.05, 3.63) is 18.3 Å². The molecule has 0 unspecified atom stereocenters. The van der Waals surface area contributed by atoms with Gasteiger partial charge in [0.25, 0.3) is 0 Å². The number of aromatic nitrogens is 1. The van der Waals surface area contributed by atoms with Gasteiger partial charge in [0.05, 0.1) is 10.9 Å². The molecule has 0 radical (unpaired) electrons. The van der Waals surface area contributed by atoms with E-state index >= 15 is 0 Å². The van der Waals surface area contributed by atoms with Gasteiger partial charge in [-0.25, -0.2) is 4.98 Å². The molecule has 6 heteroatoms. The van der Waals surface area contributed by atoms with E-state index in [0.717, 1.165) is 30.0 Å². The number of thioether (sulfide) groups is 1. The molecule has 1 aromatic rings. The molecule has 0 saturated heterocycles. The smallest absolute Gasteiger partial charge is 0.241 e. The Morgan fingerprint density at radius 3 is 2.96 bits per heavy atom. The van der Waals surface area contributed by atoms with Gasteiger partial charge < -0.3 is 10.2 Å². The van der Waals surface area contributed by atoms with Crippen LogP contribution in [0, 0.1) is 0 Å². The molecule has 0 fully saturated rings. The summed E-state index contributed by atoms with van der Waals surface area (Å²) >= 11 is 1.40. The average Bonchev–Trinajstić information content (AvgIpc) is 2.54. The third kappa shape index (κ3) is 4.47. The summed E-state index contributed by atoms with van der Waals surface area (Å²) in [5.41, 5.74) is 0.870. The molecule has 126 valence electrons. The Bertz CT molecular complexity index is 565. The SMILES string of the molecule is CCCCN1C(=O)[C@@H](CC(=O)N[C@@H](C)CC)Sc2ncccc21. The van der Waals surface area contributed by atoms with Gasteiger partial charge in [0.2, 0.25) is 11.8 Å².